The quantitative estimate of drug-likeness (QED) is 0.707. The Kier molecular flexibility index (Phi) is 5.54. The molecule has 0 atom stereocenters. The smallest absolute Gasteiger partial charge is 0.252 e. The van der Waals surface area contributed by atoms with Crippen molar-refractivity contribution in [2.24, 2.45) is 5.41 Å². The van der Waals surface area contributed by atoms with E-state index < -0.39 is 0 Å². The molecule has 5 heteroatoms. The molecule has 3 N–H and O–H groups in total. The van der Waals surface area contributed by atoms with Crippen LogP contribution in [0.1, 0.15) is 52.3 Å². The van der Waals surface area contributed by atoms with E-state index in [0.29, 0.717) is 18.2 Å². The molecule has 0 aliphatic carbocycles. The van der Waals surface area contributed by atoms with Crippen LogP contribution in [-0.2, 0) is 0 Å². The lowest BCUT2D eigenvalue weighted by molar-refractivity contribution is 0.127. The van der Waals surface area contributed by atoms with Crippen LogP contribution in [-0.4, -0.2) is 28.2 Å². The minimum Gasteiger partial charge on any atom is -0.396 e. The molecule has 1 aromatic rings. The molecule has 0 aliphatic rings. The van der Waals surface area contributed by atoms with Gasteiger partial charge in [0.2, 0.25) is 0 Å². The highest BCUT2D eigenvalue weighted by Gasteiger charge is 2.25. The van der Waals surface area contributed by atoms with Crippen LogP contribution in [0.4, 0.5) is 5.82 Å². The van der Waals surface area contributed by atoms with Gasteiger partial charge < -0.3 is 15.4 Å². The highest BCUT2D eigenvalue weighted by atomic mass is 16.3. The van der Waals surface area contributed by atoms with Crippen molar-refractivity contribution in [2.75, 3.05) is 18.5 Å². The lowest BCUT2D eigenvalue weighted by atomic mass is 9.83. The van der Waals surface area contributed by atoms with Crippen LogP contribution in [0.2, 0.25) is 0 Å². The first-order chi connectivity index (χ1) is 8.96. The minimum absolute atomic E-state index is 0.132. The van der Waals surface area contributed by atoms with Crippen LogP contribution in [0.3, 0.4) is 0 Å². The molecule has 0 unspecified atom stereocenters. The molecule has 1 rings (SSSR count). The summed E-state index contributed by atoms with van der Waals surface area (Å²) in [5.74, 6) is 1.43. The normalized spacial score (nSPS) is 11.9. The van der Waals surface area contributed by atoms with Crippen molar-refractivity contribution in [3.8, 4) is 0 Å². The van der Waals surface area contributed by atoms with Gasteiger partial charge in [-0.1, -0.05) is 27.7 Å². The summed E-state index contributed by atoms with van der Waals surface area (Å²) < 4.78 is 0. The number of hydrogen-bond acceptors (Lipinski definition) is 4. The van der Waals surface area contributed by atoms with Gasteiger partial charge in [-0.3, -0.25) is 4.79 Å². The Morgan fingerprint density at radius 3 is 2.53 bits per heavy atom. The van der Waals surface area contributed by atoms with Gasteiger partial charge in [0.1, 0.15) is 11.6 Å². The van der Waals surface area contributed by atoms with Gasteiger partial charge in [-0.2, -0.15) is 0 Å². The summed E-state index contributed by atoms with van der Waals surface area (Å²) in [5, 5.41) is 12.7. The summed E-state index contributed by atoms with van der Waals surface area (Å²) in [7, 11) is 0. The zero-order valence-corrected chi connectivity index (χ0v) is 12.3. The van der Waals surface area contributed by atoms with Crippen molar-refractivity contribution in [3.63, 3.8) is 0 Å². The standard InChI is InChI=1S/C14H25N3O2/c1-5-14(6-2,9-18)8-15-11-7-12(19)17-13(16-11)10(3)4/h7,10,18H,5-6,8-9H2,1-4H3,(H2,15,16,17,19). The average molecular weight is 267 g/mol. The monoisotopic (exact) mass is 267 g/mol. The number of nitrogens with one attached hydrogen (secondary N) is 2. The largest absolute Gasteiger partial charge is 0.396 e. The molecule has 0 bridgehead atoms. The number of nitrogens with zero attached hydrogens (tertiary/aromatic N) is 1. The average Bonchev–Trinajstić information content (AvgIpc) is 2.40. The second kappa shape index (κ2) is 6.70. The zero-order valence-electron chi connectivity index (χ0n) is 12.3. The van der Waals surface area contributed by atoms with E-state index >= 15 is 0 Å². The van der Waals surface area contributed by atoms with E-state index in [1.807, 2.05) is 13.8 Å². The number of aromatic nitrogens is 2. The van der Waals surface area contributed by atoms with Gasteiger partial charge in [-0.25, -0.2) is 4.98 Å². The Morgan fingerprint density at radius 2 is 2.05 bits per heavy atom. The van der Waals surface area contributed by atoms with Gasteiger partial charge in [-0.05, 0) is 12.8 Å². The topological polar surface area (TPSA) is 78.0 Å². The maximum atomic E-state index is 11.6. The summed E-state index contributed by atoms with van der Waals surface area (Å²) in [6.45, 7) is 8.84. The SMILES string of the molecule is CCC(CC)(CO)CNc1cc(=O)[nH]c(C(C)C)n1. The molecule has 0 amide bonds. The van der Waals surface area contributed by atoms with E-state index in [-0.39, 0.29) is 23.5 Å². The molecule has 0 aromatic carbocycles. The van der Waals surface area contributed by atoms with Crippen molar-refractivity contribution >= 4 is 5.82 Å². The van der Waals surface area contributed by atoms with E-state index in [9.17, 15) is 9.90 Å². The van der Waals surface area contributed by atoms with Gasteiger partial charge in [0.25, 0.3) is 5.56 Å². The number of H-pyrrole nitrogens is 1. The molecule has 0 aliphatic heterocycles. The molecule has 0 fully saturated rings. The minimum atomic E-state index is -0.151. The van der Waals surface area contributed by atoms with Gasteiger partial charge in [-0.15, -0.1) is 0 Å². The molecule has 0 spiro atoms. The van der Waals surface area contributed by atoms with Crippen LogP contribution in [0.15, 0.2) is 10.9 Å². The Balaban J connectivity index is 2.85. The third-order valence-electron chi connectivity index (χ3n) is 3.79. The van der Waals surface area contributed by atoms with Gasteiger partial charge in [0.15, 0.2) is 0 Å². The second-order valence-electron chi connectivity index (χ2n) is 5.39. The van der Waals surface area contributed by atoms with E-state index in [4.69, 9.17) is 0 Å². The molecule has 108 valence electrons. The molecule has 1 heterocycles. The Hall–Kier alpha value is -1.36. The second-order valence-corrected chi connectivity index (χ2v) is 5.39. The van der Waals surface area contributed by atoms with Crippen LogP contribution >= 0.6 is 0 Å². The molecular weight excluding hydrogens is 242 g/mol. The summed E-state index contributed by atoms with van der Waals surface area (Å²) >= 11 is 0. The predicted octanol–water partition coefficient (Wildman–Crippen LogP) is 2.10. The molecule has 5 nitrogen and oxygen atoms in total. The summed E-state index contributed by atoms with van der Waals surface area (Å²) in [5.41, 5.74) is -0.300. The molecule has 0 saturated carbocycles. The van der Waals surface area contributed by atoms with Crippen molar-refractivity contribution in [2.45, 2.75) is 46.5 Å². The van der Waals surface area contributed by atoms with Gasteiger partial charge in [0.05, 0.1) is 6.61 Å². The fourth-order valence-electron chi connectivity index (χ4n) is 1.90. The maximum Gasteiger partial charge on any atom is 0.252 e. The lowest BCUT2D eigenvalue weighted by Crippen LogP contribution is -2.33. The Labute approximate surface area is 114 Å². The highest BCUT2D eigenvalue weighted by Crippen LogP contribution is 2.25. The highest BCUT2D eigenvalue weighted by molar-refractivity contribution is 5.33. The van der Waals surface area contributed by atoms with E-state index in [1.54, 1.807) is 0 Å². The molecule has 0 saturated heterocycles. The number of hydrogen-bond donors (Lipinski definition) is 3. The summed E-state index contributed by atoms with van der Waals surface area (Å²) in [6.07, 6.45) is 1.76. The fraction of sp³-hybridized carbons (Fsp3) is 0.714. The molecule has 1 aromatic heterocycles. The van der Waals surface area contributed by atoms with Gasteiger partial charge in [0, 0.05) is 23.9 Å². The third-order valence-corrected chi connectivity index (χ3v) is 3.79. The van der Waals surface area contributed by atoms with Gasteiger partial charge >= 0.3 is 0 Å². The fourth-order valence-corrected chi connectivity index (χ4v) is 1.90. The number of aliphatic hydroxyl groups is 1. The predicted molar refractivity (Wildman–Crippen MR) is 77.5 cm³/mol. The number of aromatic amines is 1. The molecule has 19 heavy (non-hydrogen) atoms. The van der Waals surface area contributed by atoms with Crippen molar-refractivity contribution in [3.05, 3.63) is 22.2 Å². The first-order valence-electron chi connectivity index (χ1n) is 6.92. The maximum absolute atomic E-state index is 11.6. The Bertz CT molecular complexity index is 442. The summed E-state index contributed by atoms with van der Waals surface area (Å²) in [4.78, 5) is 18.7. The summed E-state index contributed by atoms with van der Waals surface area (Å²) in [6, 6.07) is 1.46. The van der Waals surface area contributed by atoms with E-state index in [0.717, 1.165) is 12.8 Å². The van der Waals surface area contributed by atoms with Crippen molar-refractivity contribution in [1.29, 1.82) is 0 Å². The number of anilines is 1. The number of aliphatic hydroxyl groups excluding tert-OH is 1. The lowest BCUT2D eigenvalue weighted by Gasteiger charge is -2.29. The third kappa shape index (κ3) is 4.06. The number of rotatable bonds is 7. The van der Waals surface area contributed by atoms with E-state index in [2.05, 4.69) is 29.1 Å². The van der Waals surface area contributed by atoms with Crippen LogP contribution in [0, 0.1) is 5.41 Å². The molecular formula is C14H25N3O2. The molecule has 0 radical (unpaired) electrons. The Morgan fingerprint density at radius 1 is 1.42 bits per heavy atom. The van der Waals surface area contributed by atoms with Crippen molar-refractivity contribution in [1.82, 2.24) is 9.97 Å². The first-order valence-corrected chi connectivity index (χ1v) is 6.92. The van der Waals surface area contributed by atoms with E-state index in [1.165, 1.54) is 6.07 Å². The zero-order chi connectivity index (χ0) is 14.5. The first kappa shape index (κ1) is 15.7. The van der Waals surface area contributed by atoms with Crippen molar-refractivity contribution < 1.29 is 5.11 Å². The van der Waals surface area contributed by atoms with Crippen LogP contribution in [0.5, 0.6) is 0 Å². The van der Waals surface area contributed by atoms with Crippen LogP contribution < -0.4 is 10.9 Å². The van der Waals surface area contributed by atoms with Crippen LogP contribution in [0.25, 0.3) is 0 Å².